The van der Waals surface area contributed by atoms with Gasteiger partial charge in [-0.05, 0) is 41.8 Å². The second-order valence-electron chi connectivity index (χ2n) is 5.37. The Balaban J connectivity index is 1.75. The van der Waals surface area contributed by atoms with E-state index in [1.165, 1.54) is 12.1 Å². The van der Waals surface area contributed by atoms with Crippen LogP contribution in [0.4, 0.5) is 24.5 Å². The zero-order valence-corrected chi connectivity index (χ0v) is 12.8. The number of hydrogen-bond donors (Lipinski definition) is 1. The summed E-state index contributed by atoms with van der Waals surface area (Å²) in [6.45, 7) is 1.35. The first kappa shape index (κ1) is 15.8. The van der Waals surface area contributed by atoms with E-state index in [-0.39, 0.29) is 5.75 Å². The molecule has 7 heteroatoms. The molecular weight excluding hydrogens is 329 g/mol. The summed E-state index contributed by atoms with van der Waals surface area (Å²) >= 11 is 6.27. The highest BCUT2D eigenvalue weighted by molar-refractivity contribution is 6.33. The highest BCUT2D eigenvalue weighted by Crippen LogP contribution is 2.38. The summed E-state index contributed by atoms with van der Waals surface area (Å²) in [6, 6.07) is 9.46. The minimum absolute atomic E-state index is 0.228. The van der Waals surface area contributed by atoms with E-state index in [9.17, 15) is 13.2 Å². The molecule has 0 radical (unpaired) electrons. The van der Waals surface area contributed by atoms with Crippen molar-refractivity contribution in [3.05, 3.63) is 52.5 Å². The van der Waals surface area contributed by atoms with Gasteiger partial charge in [0, 0.05) is 18.8 Å². The van der Waals surface area contributed by atoms with Gasteiger partial charge in [-0.3, -0.25) is 0 Å². The molecule has 3 nitrogen and oxygen atoms in total. The van der Waals surface area contributed by atoms with Gasteiger partial charge in [0.05, 0.1) is 10.7 Å². The third-order valence-corrected chi connectivity index (χ3v) is 3.95. The molecule has 0 saturated carbocycles. The molecule has 2 N–H and O–H groups in total. The fourth-order valence-corrected chi connectivity index (χ4v) is 3.13. The Morgan fingerprint density at radius 1 is 1.17 bits per heavy atom. The molecule has 0 aliphatic carbocycles. The largest absolute Gasteiger partial charge is 0.573 e. The van der Waals surface area contributed by atoms with Gasteiger partial charge >= 0.3 is 6.36 Å². The highest BCUT2D eigenvalue weighted by atomic mass is 35.5. The smallest absolute Gasteiger partial charge is 0.406 e. The van der Waals surface area contributed by atoms with Crippen molar-refractivity contribution in [2.24, 2.45) is 0 Å². The Morgan fingerprint density at radius 3 is 2.52 bits per heavy atom. The van der Waals surface area contributed by atoms with Crippen molar-refractivity contribution < 1.29 is 17.9 Å². The second-order valence-corrected chi connectivity index (χ2v) is 5.78. The van der Waals surface area contributed by atoms with E-state index in [4.69, 9.17) is 17.3 Å². The summed E-state index contributed by atoms with van der Waals surface area (Å²) in [5.74, 6) is -0.228. The number of alkyl halides is 3. The van der Waals surface area contributed by atoms with Gasteiger partial charge < -0.3 is 15.4 Å². The third-order valence-electron chi connectivity index (χ3n) is 3.66. The molecule has 0 fully saturated rings. The number of rotatable bonds is 3. The lowest BCUT2D eigenvalue weighted by atomic mass is 10.1. The average molecular weight is 343 g/mol. The number of anilines is 2. The van der Waals surface area contributed by atoms with Crippen LogP contribution in [0.2, 0.25) is 5.02 Å². The van der Waals surface area contributed by atoms with Crippen LogP contribution in [0, 0.1) is 0 Å². The summed E-state index contributed by atoms with van der Waals surface area (Å²) in [6.07, 6.45) is -3.84. The highest BCUT2D eigenvalue weighted by Gasteiger charge is 2.31. The van der Waals surface area contributed by atoms with Crippen LogP contribution in [0.5, 0.6) is 5.75 Å². The molecule has 0 aromatic heterocycles. The quantitative estimate of drug-likeness (QED) is 0.841. The Kier molecular flexibility index (Phi) is 4.02. The molecule has 1 aliphatic rings. The predicted molar refractivity (Wildman–Crippen MR) is 83.7 cm³/mol. The first-order valence-corrected chi connectivity index (χ1v) is 7.37. The first-order chi connectivity index (χ1) is 10.8. The van der Waals surface area contributed by atoms with Gasteiger partial charge in [0.1, 0.15) is 5.75 Å². The van der Waals surface area contributed by atoms with Crippen molar-refractivity contribution in [2.45, 2.75) is 19.3 Å². The van der Waals surface area contributed by atoms with Crippen LogP contribution in [0.25, 0.3) is 0 Å². The molecule has 2 aromatic rings. The number of halogens is 4. The molecule has 0 bridgehead atoms. The normalized spacial score (nSPS) is 14.0. The topological polar surface area (TPSA) is 38.5 Å². The minimum Gasteiger partial charge on any atom is -0.406 e. The molecular formula is C16H14ClF3N2O. The van der Waals surface area contributed by atoms with Gasteiger partial charge in [-0.1, -0.05) is 23.7 Å². The fraction of sp³-hybridized carbons (Fsp3) is 0.250. The van der Waals surface area contributed by atoms with Crippen molar-refractivity contribution in [3.63, 3.8) is 0 Å². The molecule has 0 spiro atoms. The van der Waals surface area contributed by atoms with Gasteiger partial charge in [-0.25, -0.2) is 0 Å². The van der Waals surface area contributed by atoms with E-state index < -0.39 is 6.36 Å². The second kappa shape index (κ2) is 5.85. The lowest BCUT2D eigenvalue weighted by Gasteiger charge is -2.21. The lowest BCUT2D eigenvalue weighted by molar-refractivity contribution is -0.274. The predicted octanol–water partition coefficient (Wildman–Crippen LogP) is 4.38. The first-order valence-electron chi connectivity index (χ1n) is 6.99. The Bertz CT molecular complexity index is 717. The maximum absolute atomic E-state index is 12.2. The summed E-state index contributed by atoms with van der Waals surface area (Å²) in [5, 5.41) is 0.592. The summed E-state index contributed by atoms with van der Waals surface area (Å²) in [4.78, 5) is 2.09. The minimum atomic E-state index is -4.68. The van der Waals surface area contributed by atoms with E-state index in [0.29, 0.717) is 17.3 Å². The third kappa shape index (κ3) is 3.64. The van der Waals surface area contributed by atoms with Crippen molar-refractivity contribution in [3.8, 4) is 5.75 Å². The zero-order valence-electron chi connectivity index (χ0n) is 12.0. The van der Waals surface area contributed by atoms with Crippen molar-refractivity contribution in [1.82, 2.24) is 0 Å². The summed E-state index contributed by atoms with van der Waals surface area (Å²) < 4.78 is 40.3. The van der Waals surface area contributed by atoms with E-state index in [2.05, 4.69) is 9.64 Å². The number of nitrogens with two attached hydrogens (primary N) is 1. The molecule has 23 heavy (non-hydrogen) atoms. The van der Waals surface area contributed by atoms with Crippen molar-refractivity contribution >= 4 is 23.0 Å². The van der Waals surface area contributed by atoms with E-state index in [1.807, 2.05) is 6.07 Å². The van der Waals surface area contributed by atoms with Crippen LogP contribution >= 0.6 is 11.6 Å². The van der Waals surface area contributed by atoms with Crippen LogP contribution < -0.4 is 15.4 Å². The molecule has 0 atom stereocenters. The van der Waals surface area contributed by atoms with Gasteiger partial charge in [-0.15, -0.1) is 13.2 Å². The standard InChI is InChI=1S/C16H14ClF3N2O/c17-14-8-12(21)7-11-5-6-22(15(11)14)9-10-1-3-13(4-2-10)23-16(18,19)20/h1-4,7-8H,5-6,9,21H2. The van der Waals surface area contributed by atoms with E-state index in [0.717, 1.165) is 29.8 Å². The lowest BCUT2D eigenvalue weighted by Crippen LogP contribution is -2.20. The Morgan fingerprint density at radius 2 is 1.87 bits per heavy atom. The zero-order chi connectivity index (χ0) is 16.6. The Hall–Kier alpha value is -2.08. The van der Waals surface area contributed by atoms with Crippen LogP contribution in [0.15, 0.2) is 36.4 Å². The number of nitrogens with zero attached hydrogens (tertiary/aromatic N) is 1. The van der Waals surface area contributed by atoms with Gasteiger partial charge in [0.15, 0.2) is 0 Å². The SMILES string of the molecule is Nc1cc(Cl)c2c(c1)CCN2Cc1ccc(OC(F)(F)F)cc1. The number of nitrogen functional groups attached to an aromatic ring is 1. The Labute approximate surface area is 136 Å². The number of ether oxygens (including phenoxy) is 1. The monoisotopic (exact) mass is 342 g/mol. The summed E-state index contributed by atoms with van der Waals surface area (Å²) in [7, 11) is 0. The van der Waals surface area contributed by atoms with Gasteiger partial charge in [-0.2, -0.15) is 0 Å². The number of benzene rings is 2. The van der Waals surface area contributed by atoms with Gasteiger partial charge in [0.2, 0.25) is 0 Å². The maximum atomic E-state index is 12.2. The summed E-state index contributed by atoms with van der Waals surface area (Å²) in [5.41, 5.74) is 9.32. The molecule has 3 rings (SSSR count). The molecule has 1 aliphatic heterocycles. The molecule has 2 aromatic carbocycles. The van der Waals surface area contributed by atoms with Crippen LogP contribution in [-0.4, -0.2) is 12.9 Å². The van der Waals surface area contributed by atoms with Crippen molar-refractivity contribution in [2.75, 3.05) is 17.2 Å². The molecule has 0 amide bonds. The van der Waals surface area contributed by atoms with Crippen LogP contribution in [-0.2, 0) is 13.0 Å². The molecule has 0 unspecified atom stereocenters. The molecule has 1 heterocycles. The number of fused-ring (bicyclic) bond motifs is 1. The van der Waals surface area contributed by atoms with Crippen molar-refractivity contribution in [1.29, 1.82) is 0 Å². The molecule has 122 valence electrons. The van der Waals surface area contributed by atoms with E-state index >= 15 is 0 Å². The van der Waals surface area contributed by atoms with Gasteiger partial charge in [0.25, 0.3) is 0 Å². The number of hydrogen-bond acceptors (Lipinski definition) is 3. The average Bonchev–Trinajstić information content (AvgIpc) is 2.82. The van der Waals surface area contributed by atoms with E-state index in [1.54, 1.807) is 18.2 Å². The van der Waals surface area contributed by atoms with Crippen LogP contribution in [0.3, 0.4) is 0 Å². The maximum Gasteiger partial charge on any atom is 0.573 e. The fourth-order valence-electron chi connectivity index (χ4n) is 2.77. The molecule has 0 saturated heterocycles. The van der Waals surface area contributed by atoms with Crippen LogP contribution in [0.1, 0.15) is 11.1 Å².